The second-order valence-corrected chi connectivity index (χ2v) is 5.41. The van der Waals surface area contributed by atoms with Gasteiger partial charge in [0.05, 0.1) is 6.61 Å². The van der Waals surface area contributed by atoms with Crippen LogP contribution < -0.4 is 4.90 Å². The Kier molecular flexibility index (Phi) is 7.17. The highest BCUT2D eigenvalue weighted by Crippen LogP contribution is 2.18. The normalized spacial score (nSPS) is 11.1. The van der Waals surface area contributed by atoms with Crippen LogP contribution in [0.2, 0.25) is 0 Å². The van der Waals surface area contributed by atoms with Crippen molar-refractivity contribution >= 4 is 17.4 Å². The van der Waals surface area contributed by atoms with Crippen LogP contribution >= 0.6 is 11.6 Å². The van der Waals surface area contributed by atoms with E-state index in [1.807, 2.05) is 0 Å². The van der Waals surface area contributed by atoms with E-state index in [0.29, 0.717) is 18.4 Å². The summed E-state index contributed by atoms with van der Waals surface area (Å²) in [5.41, 5.74) is 2.23. The molecule has 1 heterocycles. The number of ether oxygens (including phenoxy) is 1. The van der Waals surface area contributed by atoms with E-state index in [9.17, 15) is 0 Å². The quantitative estimate of drug-likeness (QED) is 0.683. The van der Waals surface area contributed by atoms with Crippen molar-refractivity contribution in [1.82, 2.24) is 4.98 Å². The highest BCUT2D eigenvalue weighted by atomic mass is 35.5. The summed E-state index contributed by atoms with van der Waals surface area (Å²) >= 11 is 5.97. The SMILES string of the molecule is CCc1cc(CCl)cc(N(CCOC)CC(C)C)n1. The number of nitrogens with zero attached hydrogens (tertiary/aromatic N) is 2. The minimum atomic E-state index is 0.530. The summed E-state index contributed by atoms with van der Waals surface area (Å²) in [6.07, 6.45) is 0.928. The molecule has 19 heavy (non-hydrogen) atoms. The molecule has 4 heteroatoms. The fourth-order valence-corrected chi connectivity index (χ4v) is 2.15. The van der Waals surface area contributed by atoms with Crippen LogP contribution in [0.3, 0.4) is 0 Å². The molecule has 0 saturated carbocycles. The van der Waals surface area contributed by atoms with Crippen LogP contribution in [0.1, 0.15) is 32.0 Å². The predicted molar refractivity (Wildman–Crippen MR) is 82.1 cm³/mol. The van der Waals surface area contributed by atoms with E-state index >= 15 is 0 Å². The first kappa shape index (κ1) is 16.3. The van der Waals surface area contributed by atoms with Gasteiger partial charge < -0.3 is 9.64 Å². The second-order valence-electron chi connectivity index (χ2n) is 5.14. The third-order valence-corrected chi connectivity index (χ3v) is 3.22. The Labute approximate surface area is 121 Å². The van der Waals surface area contributed by atoms with Gasteiger partial charge >= 0.3 is 0 Å². The first-order valence-electron chi connectivity index (χ1n) is 6.90. The van der Waals surface area contributed by atoms with Crippen molar-refractivity contribution in [3.8, 4) is 0 Å². The van der Waals surface area contributed by atoms with Crippen LogP contribution in [0.15, 0.2) is 12.1 Å². The zero-order valence-electron chi connectivity index (χ0n) is 12.4. The number of aromatic nitrogens is 1. The molecule has 0 bridgehead atoms. The molecule has 3 nitrogen and oxygen atoms in total. The van der Waals surface area contributed by atoms with Gasteiger partial charge in [0.15, 0.2) is 0 Å². The number of rotatable bonds is 8. The summed E-state index contributed by atoms with van der Waals surface area (Å²) in [6.45, 7) is 9.09. The number of methoxy groups -OCH3 is 1. The van der Waals surface area contributed by atoms with Crippen LogP contribution in [0.4, 0.5) is 5.82 Å². The summed E-state index contributed by atoms with van der Waals surface area (Å²) < 4.78 is 5.19. The van der Waals surface area contributed by atoms with Crippen molar-refractivity contribution < 1.29 is 4.74 Å². The molecule has 0 radical (unpaired) electrons. The molecule has 1 aromatic heterocycles. The zero-order chi connectivity index (χ0) is 14.3. The summed E-state index contributed by atoms with van der Waals surface area (Å²) in [5, 5.41) is 0. The number of pyridine rings is 1. The number of hydrogen-bond acceptors (Lipinski definition) is 3. The smallest absolute Gasteiger partial charge is 0.129 e. The highest BCUT2D eigenvalue weighted by molar-refractivity contribution is 6.17. The van der Waals surface area contributed by atoms with Crippen molar-refractivity contribution in [3.05, 3.63) is 23.4 Å². The third kappa shape index (κ3) is 5.37. The Morgan fingerprint density at radius 1 is 1.37 bits per heavy atom. The Morgan fingerprint density at radius 2 is 2.11 bits per heavy atom. The van der Waals surface area contributed by atoms with Gasteiger partial charge in [0.25, 0.3) is 0 Å². The van der Waals surface area contributed by atoms with Gasteiger partial charge in [-0.05, 0) is 30.0 Å². The summed E-state index contributed by atoms with van der Waals surface area (Å²) in [7, 11) is 1.73. The fraction of sp³-hybridized carbons (Fsp3) is 0.667. The van der Waals surface area contributed by atoms with Gasteiger partial charge in [0.1, 0.15) is 5.82 Å². The molecule has 0 aliphatic rings. The number of anilines is 1. The Morgan fingerprint density at radius 3 is 2.63 bits per heavy atom. The van der Waals surface area contributed by atoms with E-state index in [-0.39, 0.29) is 0 Å². The van der Waals surface area contributed by atoms with Gasteiger partial charge in [-0.1, -0.05) is 20.8 Å². The number of aryl methyl sites for hydroxylation is 1. The van der Waals surface area contributed by atoms with Crippen LogP contribution in [0, 0.1) is 5.92 Å². The highest BCUT2D eigenvalue weighted by Gasteiger charge is 2.11. The molecule has 0 aliphatic carbocycles. The van der Waals surface area contributed by atoms with Crippen molar-refractivity contribution in [1.29, 1.82) is 0 Å². The fourth-order valence-electron chi connectivity index (χ4n) is 2.00. The molecule has 0 unspecified atom stereocenters. The van der Waals surface area contributed by atoms with Gasteiger partial charge in [0.2, 0.25) is 0 Å². The molecular weight excluding hydrogens is 260 g/mol. The Bertz CT molecular complexity index is 360. The first-order valence-corrected chi connectivity index (χ1v) is 7.43. The molecular formula is C15H25ClN2O. The standard InChI is InChI=1S/C15H25ClN2O/c1-5-14-8-13(10-16)9-15(17-14)18(6-7-19-4)11-12(2)3/h8-9,12H,5-7,10-11H2,1-4H3. The Balaban J connectivity index is 2.98. The van der Waals surface area contributed by atoms with Crippen LogP contribution in [0.25, 0.3) is 0 Å². The molecule has 0 aromatic carbocycles. The molecule has 1 rings (SSSR count). The maximum Gasteiger partial charge on any atom is 0.129 e. The van der Waals surface area contributed by atoms with Crippen LogP contribution in [-0.4, -0.2) is 31.8 Å². The number of alkyl halides is 1. The first-order chi connectivity index (χ1) is 9.10. The maximum absolute atomic E-state index is 5.97. The third-order valence-electron chi connectivity index (χ3n) is 2.92. The lowest BCUT2D eigenvalue weighted by molar-refractivity contribution is 0.204. The van der Waals surface area contributed by atoms with E-state index in [2.05, 4.69) is 37.8 Å². The average molecular weight is 285 g/mol. The zero-order valence-corrected chi connectivity index (χ0v) is 13.2. The molecule has 108 valence electrons. The largest absolute Gasteiger partial charge is 0.383 e. The molecule has 0 saturated heterocycles. The molecule has 0 N–H and O–H groups in total. The average Bonchev–Trinajstić information content (AvgIpc) is 2.42. The minimum absolute atomic E-state index is 0.530. The van der Waals surface area contributed by atoms with Crippen molar-refractivity contribution in [2.24, 2.45) is 5.92 Å². The van der Waals surface area contributed by atoms with Gasteiger partial charge in [-0.25, -0.2) is 4.98 Å². The van der Waals surface area contributed by atoms with Gasteiger partial charge in [0, 0.05) is 31.8 Å². The Hall–Kier alpha value is -0.800. The lowest BCUT2D eigenvalue weighted by Gasteiger charge is -2.26. The van der Waals surface area contributed by atoms with E-state index in [0.717, 1.165) is 36.6 Å². The number of halogens is 1. The molecule has 0 aliphatic heterocycles. The molecule has 0 spiro atoms. The molecule has 1 aromatic rings. The predicted octanol–water partition coefficient (Wildman–Crippen LogP) is 3.49. The van der Waals surface area contributed by atoms with E-state index < -0.39 is 0 Å². The van der Waals surface area contributed by atoms with Crippen molar-refractivity contribution in [2.45, 2.75) is 33.1 Å². The summed E-state index contributed by atoms with van der Waals surface area (Å²) in [6, 6.07) is 4.17. The monoisotopic (exact) mass is 284 g/mol. The molecule has 0 fully saturated rings. The van der Waals surface area contributed by atoms with Crippen LogP contribution in [-0.2, 0) is 17.0 Å². The van der Waals surface area contributed by atoms with E-state index in [1.54, 1.807) is 7.11 Å². The van der Waals surface area contributed by atoms with Gasteiger partial charge in [-0.3, -0.25) is 0 Å². The lowest BCUT2D eigenvalue weighted by Crippen LogP contribution is -2.32. The van der Waals surface area contributed by atoms with Crippen molar-refractivity contribution in [2.75, 3.05) is 31.7 Å². The minimum Gasteiger partial charge on any atom is -0.383 e. The summed E-state index contributed by atoms with van der Waals surface area (Å²) in [5.74, 6) is 2.13. The van der Waals surface area contributed by atoms with Gasteiger partial charge in [-0.2, -0.15) is 0 Å². The van der Waals surface area contributed by atoms with E-state index in [4.69, 9.17) is 21.3 Å². The van der Waals surface area contributed by atoms with E-state index in [1.165, 1.54) is 0 Å². The van der Waals surface area contributed by atoms with Gasteiger partial charge in [-0.15, -0.1) is 11.6 Å². The molecule has 0 amide bonds. The van der Waals surface area contributed by atoms with Crippen molar-refractivity contribution in [3.63, 3.8) is 0 Å². The maximum atomic E-state index is 5.97. The topological polar surface area (TPSA) is 25.4 Å². The molecule has 0 atom stereocenters. The summed E-state index contributed by atoms with van der Waals surface area (Å²) in [4.78, 5) is 7.00. The van der Waals surface area contributed by atoms with Crippen LogP contribution in [0.5, 0.6) is 0 Å². The lowest BCUT2D eigenvalue weighted by atomic mass is 10.1. The number of hydrogen-bond donors (Lipinski definition) is 0. The second kappa shape index (κ2) is 8.39.